The van der Waals surface area contributed by atoms with Crippen LogP contribution >= 0.6 is 11.8 Å². The van der Waals surface area contributed by atoms with Gasteiger partial charge in [-0.25, -0.2) is 9.67 Å². The molecule has 0 fully saturated rings. The number of para-hydroxylation sites is 1. The van der Waals surface area contributed by atoms with Crippen molar-refractivity contribution in [3.05, 3.63) is 82.8 Å². The summed E-state index contributed by atoms with van der Waals surface area (Å²) in [4.78, 5) is 31.9. The number of fused-ring (bicyclic) bond motifs is 1. The van der Waals surface area contributed by atoms with Gasteiger partial charge in [-0.2, -0.15) is 5.10 Å². The number of thioether (sulfide) groups is 1. The fourth-order valence-electron chi connectivity index (χ4n) is 2.97. The highest BCUT2D eigenvalue weighted by Crippen LogP contribution is 2.18. The van der Waals surface area contributed by atoms with E-state index >= 15 is 0 Å². The Morgan fingerprint density at radius 2 is 1.83 bits per heavy atom. The Morgan fingerprint density at radius 1 is 1.14 bits per heavy atom. The van der Waals surface area contributed by atoms with Gasteiger partial charge < -0.3 is 10.3 Å². The molecule has 1 amide bonds. The zero-order chi connectivity index (χ0) is 20.2. The molecule has 2 aromatic carbocycles. The van der Waals surface area contributed by atoms with Crippen molar-refractivity contribution in [3.8, 4) is 5.69 Å². The van der Waals surface area contributed by atoms with E-state index in [1.165, 1.54) is 18.0 Å². The smallest absolute Gasteiger partial charge is 0.262 e. The maximum absolute atomic E-state index is 12.4. The minimum absolute atomic E-state index is 0.0988. The van der Waals surface area contributed by atoms with Gasteiger partial charge in [-0.15, -0.1) is 0 Å². The molecule has 0 radical (unpaired) electrons. The van der Waals surface area contributed by atoms with Crippen molar-refractivity contribution in [3.63, 3.8) is 0 Å². The van der Waals surface area contributed by atoms with Gasteiger partial charge in [-0.3, -0.25) is 9.59 Å². The Labute approximate surface area is 171 Å². The van der Waals surface area contributed by atoms with E-state index in [4.69, 9.17) is 0 Å². The Morgan fingerprint density at radius 3 is 2.55 bits per heavy atom. The van der Waals surface area contributed by atoms with Crippen LogP contribution in [-0.4, -0.2) is 31.4 Å². The number of carbonyl (C=O) groups is 1. The first kappa shape index (κ1) is 18.9. The molecule has 0 saturated carbocycles. The van der Waals surface area contributed by atoms with Crippen LogP contribution in [0.4, 0.5) is 0 Å². The highest BCUT2D eigenvalue weighted by molar-refractivity contribution is 7.99. The molecule has 7 nitrogen and oxygen atoms in total. The molecular formula is C21H19N5O2S. The second kappa shape index (κ2) is 8.32. The predicted octanol–water partition coefficient (Wildman–Crippen LogP) is 3.08. The van der Waals surface area contributed by atoms with Crippen LogP contribution in [0, 0.1) is 0 Å². The maximum Gasteiger partial charge on any atom is 0.262 e. The van der Waals surface area contributed by atoms with Crippen LogP contribution in [0.15, 0.2) is 76.8 Å². The molecule has 29 heavy (non-hydrogen) atoms. The van der Waals surface area contributed by atoms with Gasteiger partial charge in [-0.1, -0.05) is 60.3 Å². The average Bonchev–Trinajstić information content (AvgIpc) is 3.18. The normalized spacial score (nSPS) is 12.0. The predicted molar refractivity (Wildman–Crippen MR) is 113 cm³/mol. The zero-order valence-corrected chi connectivity index (χ0v) is 16.5. The van der Waals surface area contributed by atoms with Gasteiger partial charge in [0, 0.05) is 0 Å². The van der Waals surface area contributed by atoms with Crippen LogP contribution in [-0.2, 0) is 4.79 Å². The lowest BCUT2D eigenvalue weighted by Crippen LogP contribution is -2.28. The Bertz CT molecular complexity index is 1190. The molecule has 2 N–H and O–H groups in total. The minimum atomic E-state index is -0.280. The first-order valence-corrected chi connectivity index (χ1v) is 10.1. The van der Waals surface area contributed by atoms with E-state index in [-0.39, 0.29) is 23.3 Å². The maximum atomic E-state index is 12.4. The van der Waals surface area contributed by atoms with Gasteiger partial charge in [-0.05, 0) is 24.6 Å². The number of hydrogen-bond acceptors (Lipinski definition) is 5. The van der Waals surface area contributed by atoms with Gasteiger partial charge in [0.2, 0.25) is 5.91 Å². The van der Waals surface area contributed by atoms with E-state index < -0.39 is 0 Å². The molecule has 2 heterocycles. The number of aromatic amines is 1. The molecule has 0 saturated heterocycles. The third kappa shape index (κ3) is 4.22. The summed E-state index contributed by atoms with van der Waals surface area (Å²) < 4.78 is 1.62. The summed E-state index contributed by atoms with van der Waals surface area (Å²) >= 11 is 1.18. The Balaban J connectivity index is 1.50. The van der Waals surface area contributed by atoms with Crippen LogP contribution in [0.25, 0.3) is 16.7 Å². The largest absolute Gasteiger partial charge is 0.349 e. The number of hydrogen-bond donors (Lipinski definition) is 2. The lowest BCUT2D eigenvalue weighted by atomic mass is 10.1. The Kier molecular flexibility index (Phi) is 5.44. The van der Waals surface area contributed by atoms with Crippen molar-refractivity contribution in [1.29, 1.82) is 0 Å². The van der Waals surface area contributed by atoms with E-state index in [1.807, 2.05) is 67.6 Å². The molecule has 0 aliphatic carbocycles. The monoisotopic (exact) mass is 405 g/mol. The summed E-state index contributed by atoms with van der Waals surface area (Å²) in [5.41, 5.74) is 2.02. The number of nitrogens with zero attached hydrogens (tertiary/aromatic N) is 3. The molecule has 0 aliphatic heterocycles. The summed E-state index contributed by atoms with van der Waals surface area (Å²) in [6, 6.07) is 19.1. The van der Waals surface area contributed by atoms with E-state index in [0.717, 1.165) is 11.3 Å². The lowest BCUT2D eigenvalue weighted by Gasteiger charge is -2.13. The van der Waals surface area contributed by atoms with Crippen molar-refractivity contribution >= 4 is 28.7 Å². The number of nitrogens with one attached hydrogen (secondary N) is 2. The van der Waals surface area contributed by atoms with Gasteiger partial charge in [0.15, 0.2) is 10.8 Å². The molecule has 4 rings (SSSR count). The van der Waals surface area contributed by atoms with E-state index in [0.29, 0.717) is 16.2 Å². The molecule has 2 aromatic heterocycles. The molecule has 1 atom stereocenters. The minimum Gasteiger partial charge on any atom is -0.349 e. The molecule has 8 heteroatoms. The van der Waals surface area contributed by atoms with E-state index in [9.17, 15) is 9.59 Å². The van der Waals surface area contributed by atoms with Gasteiger partial charge >= 0.3 is 0 Å². The second-order valence-electron chi connectivity index (χ2n) is 6.49. The summed E-state index contributed by atoms with van der Waals surface area (Å²) in [5, 5.41) is 8.02. The molecule has 0 unspecified atom stereocenters. The second-order valence-corrected chi connectivity index (χ2v) is 7.45. The van der Waals surface area contributed by atoms with Crippen LogP contribution in [0.2, 0.25) is 0 Å². The molecule has 4 aromatic rings. The fraction of sp³-hybridized carbons (Fsp3) is 0.143. The lowest BCUT2D eigenvalue weighted by molar-refractivity contribution is -0.119. The number of aromatic nitrogens is 4. The Hall–Kier alpha value is -3.39. The first-order chi connectivity index (χ1) is 14.1. The van der Waals surface area contributed by atoms with E-state index in [2.05, 4.69) is 20.4 Å². The zero-order valence-electron chi connectivity index (χ0n) is 15.7. The molecule has 146 valence electrons. The number of amides is 1. The summed E-state index contributed by atoms with van der Waals surface area (Å²) in [6.45, 7) is 1.93. The van der Waals surface area contributed by atoms with Crippen LogP contribution in [0.5, 0.6) is 0 Å². The third-order valence-electron chi connectivity index (χ3n) is 4.43. The van der Waals surface area contributed by atoms with Gasteiger partial charge in [0.25, 0.3) is 5.56 Å². The highest BCUT2D eigenvalue weighted by atomic mass is 32.2. The fourth-order valence-corrected chi connectivity index (χ4v) is 3.63. The number of H-pyrrole nitrogens is 1. The summed E-state index contributed by atoms with van der Waals surface area (Å²) in [7, 11) is 0. The standard InChI is InChI=1S/C21H19N5O2S/c1-14(15-8-4-2-5-9-15)23-18(27)13-29-21-24-19-17(20(28)25-21)12-22-26(19)16-10-6-3-7-11-16/h2-12,14H,13H2,1H3,(H,23,27)(H,24,25,28)/t14-/m0/s1. The van der Waals surface area contributed by atoms with Crippen LogP contribution < -0.4 is 10.9 Å². The van der Waals surface area contributed by atoms with Gasteiger partial charge in [0.05, 0.1) is 23.7 Å². The molecule has 0 spiro atoms. The highest BCUT2D eigenvalue weighted by Gasteiger charge is 2.14. The summed E-state index contributed by atoms with van der Waals surface area (Å²) in [6.07, 6.45) is 1.50. The topological polar surface area (TPSA) is 92.7 Å². The van der Waals surface area contributed by atoms with Crippen molar-refractivity contribution < 1.29 is 4.79 Å². The summed E-state index contributed by atoms with van der Waals surface area (Å²) in [5.74, 6) is 0.0103. The van der Waals surface area contributed by atoms with Crippen molar-refractivity contribution in [2.45, 2.75) is 18.1 Å². The number of benzene rings is 2. The third-order valence-corrected chi connectivity index (χ3v) is 5.31. The van der Waals surface area contributed by atoms with E-state index in [1.54, 1.807) is 4.68 Å². The SMILES string of the molecule is C[C@H](NC(=O)CSc1nc2c(cnn2-c2ccccc2)c(=O)[nH]1)c1ccccc1. The molecule has 0 bridgehead atoms. The number of rotatable bonds is 6. The van der Waals surface area contributed by atoms with Crippen molar-refractivity contribution in [1.82, 2.24) is 25.1 Å². The van der Waals surface area contributed by atoms with Crippen LogP contribution in [0.3, 0.4) is 0 Å². The first-order valence-electron chi connectivity index (χ1n) is 9.12. The van der Waals surface area contributed by atoms with Crippen LogP contribution in [0.1, 0.15) is 18.5 Å². The number of carbonyl (C=O) groups excluding carboxylic acids is 1. The van der Waals surface area contributed by atoms with Crippen molar-refractivity contribution in [2.24, 2.45) is 0 Å². The van der Waals surface area contributed by atoms with Gasteiger partial charge in [0.1, 0.15) is 5.39 Å². The molecular weight excluding hydrogens is 386 g/mol. The average molecular weight is 405 g/mol. The van der Waals surface area contributed by atoms with Crippen molar-refractivity contribution in [2.75, 3.05) is 5.75 Å². The molecule has 0 aliphatic rings. The quantitative estimate of drug-likeness (QED) is 0.380.